The summed E-state index contributed by atoms with van der Waals surface area (Å²) < 4.78 is 0. The van der Waals surface area contributed by atoms with Gasteiger partial charge >= 0.3 is 5.97 Å². The molecule has 0 radical (unpaired) electrons. The molecule has 2 amide bonds. The summed E-state index contributed by atoms with van der Waals surface area (Å²) in [4.78, 5) is 44.9. The Morgan fingerprint density at radius 3 is 2.59 bits per heavy atom. The zero-order chi connectivity index (χ0) is 22.8. The van der Waals surface area contributed by atoms with Gasteiger partial charge in [0.2, 0.25) is 0 Å². The minimum atomic E-state index is -1.19. The smallest absolute Gasteiger partial charge is 0.335 e. The molecule has 5 N–H and O–H groups in total. The van der Waals surface area contributed by atoms with E-state index in [9.17, 15) is 19.5 Å². The van der Waals surface area contributed by atoms with Crippen molar-refractivity contribution in [3.8, 4) is 11.3 Å². The second-order valence-electron chi connectivity index (χ2n) is 7.44. The summed E-state index contributed by atoms with van der Waals surface area (Å²) >= 11 is 0. The Morgan fingerprint density at radius 1 is 1.09 bits per heavy atom. The van der Waals surface area contributed by atoms with Crippen molar-refractivity contribution in [2.24, 2.45) is 0 Å². The number of rotatable bonds is 5. The highest BCUT2D eigenvalue weighted by Crippen LogP contribution is 2.31. The maximum atomic E-state index is 13.0. The molecular weight excluding hydrogens is 410 g/mol. The number of nitrogens with one attached hydrogen (secondary N) is 2. The number of aryl methyl sites for hydroxylation is 1. The molecule has 162 valence electrons. The van der Waals surface area contributed by atoms with E-state index in [0.29, 0.717) is 5.56 Å². The van der Waals surface area contributed by atoms with Crippen LogP contribution >= 0.6 is 0 Å². The lowest BCUT2D eigenvalue weighted by molar-refractivity contribution is 0.0696. The Hall–Kier alpha value is -4.27. The third-order valence-corrected chi connectivity index (χ3v) is 5.42. The Balaban J connectivity index is 1.70. The van der Waals surface area contributed by atoms with E-state index in [1.54, 1.807) is 0 Å². The van der Waals surface area contributed by atoms with Gasteiger partial charge in [0, 0.05) is 18.2 Å². The molecule has 0 saturated heterocycles. The highest BCUT2D eigenvalue weighted by Gasteiger charge is 2.25. The summed E-state index contributed by atoms with van der Waals surface area (Å²) in [6, 6.07) is 12.0. The fourth-order valence-electron chi connectivity index (χ4n) is 3.80. The molecule has 0 bridgehead atoms. The fraction of sp³-hybridized carbons (Fsp3) is 0.174. The highest BCUT2D eigenvalue weighted by atomic mass is 16.4. The van der Waals surface area contributed by atoms with Crippen LogP contribution < -0.4 is 16.4 Å². The van der Waals surface area contributed by atoms with E-state index in [1.165, 1.54) is 37.0 Å². The molecular formula is C23H21N5O4. The first-order chi connectivity index (χ1) is 15.4. The molecule has 1 aromatic heterocycles. The van der Waals surface area contributed by atoms with Gasteiger partial charge in [0.1, 0.15) is 0 Å². The van der Waals surface area contributed by atoms with Gasteiger partial charge < -0.3 is 21.5 Å². The van der Waals surface area contributed by atoms with Gasteiger partial charge in [-0.3, -0.25) is 9.59 Å². The molecule has 3 aromatic rings. The van der Waals surface area contributed by atoms with Crippen LogP contribution in [0.25, 0.3) is 11.3 Å². The molecule has 32 heavy (non-hydrogen) atoms. The van der Waals surface area contributed by atoms with Gasteiger partial charge in [-0.05, 0) is 42.2 Å². The quantitative estimate of drug-likeness (QED) is 0.484. The molecule has 0 unspecified atom stereocenters. The monoisotopic (exact) mass is 431 g/mol. The Morgan fingerprint density at radius 2 is 1.84 bits per heavy atom. The standard InChI is InChI=1S/C23H21N5O4/c1-25-22(30)19-20(24)26-11-18(27-19)13-8-14(10-15(9-13)23(31)32)21(29)28-17-7-6-12-4-2-3-5-16(12)17/h2-5,8-11,17H,6-7H2,1H3,(H2,24,26)(H,25,30)(H,28,29)(H,31,32)/t17-/m0/s1. The van der Waals surface area contributed by atoms with Crippen molar-refractivity contribution in [3.05, 3.63) is 76.6 Å². The summed E-state index contributed by atoms with van der Waals surface area (Å²) in [6.07, 6.45) is 2.97. The van der Waals surface area contributed by atoms with E-state index in [1.807, 2.05) is 24.3 Å². The SMILES string of the molecule is CNC(=O)c1nc(-c2cc(C(=O)O)cc(C(=O)N[C@H]3CCc4ccccc43)c2)cnc1N. The Labute approximate surface area is 183 Å². The highest BCUT2D eigenvalue weighted by molar-refractivity contribution is 6.00. The number of hydrogen-bond acceptors (Lipinski definition) is 6. The number of nitrogens with zero attached hydrogens (tertiary/aromatic N) is 2. The van der Waals surface area contributed by atoms with Crippen LogP contribution in [0.1, 0.15) is 54.8 Å². The number of carbonyl (C=O) groups excluding carboxylic acids is 2. The number of carbonyl (C=O) groups is 3. The van der Waals surface area contributed by atoms with Gasteiger partial charge in [-0.1, -0.05) is 24.3 Å². The molecule has 1 aliphatic carbocycles. The fourth-order valence-corrected chi connectivity index (χ4v) is 3.80. The zero-order valence-corrected chi connectivity index (χ0v) is 17.3. The number of nitrogen functional groups attached to an aromatic ring is 1. The lowest BCUT2D eigenvalue weighted by atomic mass is 10.0. The van der Waals surface area contributed by atoms with E-state index in [-0.39, 0.29) is 34.4 Å². The second-order valence-corrected chi connectivity index (χ2v) is 7.44. The van der Waals surface area contributed by atoms with Crippen molar-refractivity contribution in [1.82, 2.24) is 20.6 Å². The molecule has 9 heteroatoms. The van der Waals surface area contributed by atoms with Crippen LogP contribution in [0, 0.1) is 0 Å². The second kappa shape index (κ2) is 8.46. The molecule has 2 aromatic carbocycles. The number of aromatic carboxylic acids is 1. The number of carboxylic acid groups (broad SMARTS) is 1. The van der Waals surface area contributed by atoms with Gasteiger partial charge in [-0.2, -0.15) is 0 Å². The Kier molecular flexibility index (Phi) is 5.55. The van der Waals surface area contributed by atoms with Crippen LogP contribution in [0.15, 0.2) is 48.7 Å². The van der Waals surface area contributed by atoms with Crippen LogP contribution in [-0.4, -0.2) is 39.9 Å². The third kappa shape index (κ3) is 4.00. The zero-order valence-electron chi connectivity index (χ0n) is 17.3. The summed E-state index contributed by atoms with van der Waals surface area (Å²) in [5, 5.41) is 15.0. The minimum absolute atomic E-state index is 0.0552. The molecule has 0 spiro atoms. The first-order valence-corrected chi connectivity index (χ1v) is 9.99. The largest absolute Gasteiger partial charge is 0.478 e. The van der Waals surface area contributed by atoms with Crippen LogP contribution in [-0.2, 0) is 6.42 Å². The predicted octanol–water partition coefficient (Wildman–Crippen LogP) is 2.20. The number of aromatic nitrogens is 2. The van der Waals surface area contributed by atoms with Crippen LogP contribution in [0.4, 0.5) is 5.82 Å². The van der Waals surface area contributed by atoms with E-state index < -0.39 is 17.8 Å². The molecule has 1 heterocycles. The van der Waals surface area contributed by atoms with Crippen molar-refractivity contribution in [2.75, 3.05) is 12.8 Å². The number of benzene rings is 2. The maximum absolute atomic E-state index is 13.0. The minimum Gasteiger partial charge on any atom is -0.478 e. The molecule has 0 saturated carbocycles. The van der Waals surface area contributed by atoms with Crippen LogP contribution in [0.5, 0.6) is 0 Å². The summed E-state index contributed by atoms with van der Waals surface area (Å²) in [5.41, 5.74) is 8.55. The first-order valence-electron chi connectivity index (χ1n) is 9.99. The number of fused-ring (bicyclic) bond motifs is 1. The molecule has 9 nitrogen and oxygen atoms in total. The van der Waals surface area contributed by atoms with Gasteiger partial charge in [0.15, 0.2) is 11.5 Å². The van der Waals surface area contributed by atoms with Crippen molar-refractivity contribution in [1.29, 1.82) is 0 Å². The van der Waals surface area contributed by atoms with E-state index in [0.717, 1.165) is 18.4 Å². The van der Waals surface area contributed by atoms with Crippen molar-refractivity contribution >= 4 is 23.6 Å². The molecule has 0 fully saturated rings. The van der Waals surface area contributed by atoms with Crippen molar-refractivity contribution in [3.63, 3.8) is 0 Å². The van der Waals surface area contributed by atoms with Crippen molar-refractivity contribution < 1.29 is 19.5 Å². The van der Waals surface area contributed by atoms with E-state index >= 15 is 0 Å². The van der Waals surface area contributed by atoms with Crippen LogP contribution in [0.2, 0.25) is 0 Å². The van der Waals surface area contributed by atoms with Crippen LogP contribution in [0.3, 0.4) is 0 Å². The number of anilines is 1. The number of amides is 2. The molecule has 1 atom stereocenters. The molecule has 0 aliphatic heterocycles. The van der Waals surface area contributed by atoms with Gasteiger partial charge in [0.05, 0.1) is 23.5 Å². The number of carboxylic acids is 1. The lowest BCUT2D eigenvalue weighted by Crippen LogP contribution is -2.27. The van der Waals surface area contributed by atoms with Gasteiger partial charge in [-0.25, -0.2) is 14.8 Å². The topological polar surface area (TPSA) is 147 Å². The average Bonchev–Trinajstić information content (AvgIpc) is 3.21. The first kappa shape index (κ1) is 21.0. The molecule has 1 aliphatic rings. The summed E-state index contributed by atoms with van der Waals surface area (Å²) in [5.74, 6) is -2.17. The van der Waals surface area contributed by atoms with Gasteiger partial charge in [-0.15, -0.1) is 0 Å². The predicted molar refractivity (Wildman–Crippen MR) is 117 cm³/mol. The molecule has 4 rings (SSSR count). The van der Waals surface area contributed by atoms with Gasteiger partial charge in [0.25, 0.3) is 11.8 Å². The Bertz CT molecular complexity index is 1240. The van der Waals surface area contributed by atoms with E-state index in [4.69, 9.17) is 5.73 Å². The third-order valence-electron chi connectivity index (χ3n) is 5.42. The summed E-state index contributed by atoms with van der Waals surface area (Å²) in [6.45, 7) is 0. The summed E-state index contributed by atoms with van der Waals surface area (Å²) in [7, 11) is 1.44. The normalized spacial score (nSPS) is 14.5. The lowest BCUT2D eigenvalue weighted by Gasteiger charge is -2.15. The number of hydrogen-bond donors (Lipinski definition) is 4. The van der Waals surface area contributed by atoms with Crippen molar-refractivity contribution in [2.45, 2.75) is 18.9 Å². The maximum Gasteiger partial charge on any atom is 0.335 e. The number of nitrogens with two attached hydrogens (primary N) is 1. The van der Waals surface area contributed by atoms with E-state index in [2.05, 4.69) is 20.6 Å². The average molecular weight is 431 g/mol.